The van der Waals surface area contributed by atoms with Gasteiger partial charge in [-0.1, -0.05) is 60.2 Å². The summed E-state index contributed by atoms with van der Waals surface area (Å²) >= 11 is 0. The molecule has 4 heterocycles. The first-order valence-corrected chi connectivity index (χ1v) is 21.0. The molecule has 2 bridgehead atoms. The Morgan fingerprint density at radius 2 is 1.73 bits per heavy atom. The summed E-state index contributed by atoms with van der Waals surface area (Å²) in [6.07, 6.45) is -3.17. The molecule has 0 amide bonds. The van der Waals surface area contributed by atoms with Gasteiger partial charge in [0, 0.05) is 18.2 Å². The number of carbonyl (C=O) groups is 1. The Morgan fingerprint density at radius 3 is 2.40 bits per heavy atom. The highest BCUT2D eigenvalue weighted by Gasteiger charge is 2.71. The highest BCUT2D eigenvalue weighted by molar-refractivity contribution is 6.15. The molecule has 9 atom stereocenters. The molecule has 1 unspecified atom stereocenters. The van der Waals surface area contributed by atoms with Crippen molar-refractivity contribution in [2.45, 2.75) is 61.0 Å². The minimum absolute atomic E-state index is 0.0247. The second-order valence-corrected chi connectivity index (χ2v) is 16.5. The van der Waals surface area contributed by atoms with Crippen LogP contribution in [-0.2, 0) is 22.6 Å². The van der Waals surface area contributed by atoms with Gasteiger partial charge in [-0.25, -0.2) is 9.79 Å². The van der Waals surface area contributed by atoms with Gasteiger partial charge in [0.15, 0.2) is 41.1 Å². The SMILES string of the molecule is [NH2+]=C1C=CC([C@@H](O)[C@H](CO)Oc2ccc(C3C=C(O)c4c(cc(O[C@@H]5O[C@H](C(=O)O)[C@]6(O)[C@@H](C7=NC=NC7)C(Cc7ccccc7)=C[C@@]5(O)[C@@H]6O)c(OCc5cccc(O)c5)c4O)O3)cc2)=N1. The fourth-order valence-corrected chi connectivity index (χ4v) is 8.93. The summed E-state index contributed by atoms with van der Waals surface area (Å²) in [6.45, 7) is -0.879. The van der Waals surface area contributed by atoms with E-state index in [0.717, 1.165) is 5.56 Å². The number of nitrogens with two attached hydrogens (primary N) is 1. The van der Waals surface area contributed by atoms with E-state index in [0.29, 0.717) is 11.1 Å². The molecule has 11 N–H and O–H groups in total. The smallest absolute Gasteiger partial charge is 0.336 e. The summed E-state index contributed by atoms with van der Waals surface area (Å²) in [5.74, 6) is -4.82. The van der Waals surface area contributed by atoms with Crippen LogP contribution in [0.15, 0.2) is 130 Å². The second kappa shape index (κ2) is 17.8. The predicted octanol–water partition coefficient (Wildman–Crippen LogP) is 1.27. The minimum atomic E-state index is -2.72. The largest absolute Gasteiger partial charge is 0.508 e. The first-order chi connectivity index (χ1) is 32.2. The molecule has 0 radical (unpaired) electrons. The van der Waals surface area contributed by atoms with E-state index in [-0.39, 0.29) is 65.2 Å². The summed E-state index contributed by atoms with van der Waals surface area (Å²) in [5, 5.41) is 108. The molecule has 19 nitrogen and oxygen atoms in total. The van der Waals surface area contributed by atoms with Gasteiger partial charge < -0.3 is 69.6 Å². The van der Waals surface area contributed by atoms with Crippen molar-refractivity contribution < 1.29 is 79.8 Å². The van der Waals surface area contributed by atoms with E-state index in [4.69, 9.17) is 29.1 Å². The van der Waals surface area contributed by atoms with Crippen molar-refractivity contribution in [1.29, 1.82) is 0 Å². The van der Waals surface area contributed by atoms with Gasteiger partial charge in [-0.05, 0) is 64.5 Å². The molecule has 0 aromatic heterocycles. The number of aliphatic hydroxyl groups excluding tert-OH is 4. The lowest BCUT2D eigenvalue weighted by molar-refractivity contribution is -0.338. The van der Waals surface area contributed by atoms with Crippen LogP contribution < -0.4 is 24.4 Å². The van der Waals surface area contributed by atoms with Crippen LogP contribution in [0.25, 0.3) is 5.76 Å². The van der Waals surface area contributed by atoms with Crippen LogP contribution >= 0.6 is 0 Å². The Kier molecular flexibility index (Phi) is 11.9. The van der Waals surface area contributed by atoms with Crippen LogP contribution in [0.2, 0.25) is 0 Å². The average molecular weight is 918 g/mol. The number of benzene rings is 4. The van der Waals surface area contributed by atoms with Crippen molar-refractivity contribution in [2.24, 2.45) is 20.9 Å². The summed E-state index contributed by atoms with van der Waals surface area (Å²) in [4.78, 5) is 25.6. The number of aliphatic hydroxyl groups is 6. The first kappa shape index (κ1) is 44.8. The highest BCUT2D eigenvalue weighted by atomic mass is 16.7. The Hall–Kier alpha value is -7.39. The van der Waals surface area contributed by atoms with Crippen molar-refractivity contribution in [2.75, 3.05) is 13.2 Å². The van der Waals surface area contributed by atoms with Crippen LogP contribution in [0, 0.1) is 5.92 Å². The molecule has 4 aromatic carbocycles. The molecule has 67 heavy (non-hydrogen) atoms. The van der Waals surface area contributed by atoms with Gasteiger partial charge in [-0.2, -0.15) is 0 Å². The van der Waals surface area contributed by atoms with Crippen LogP contribution in [-0.4, -0.2) is 131 Å². The van der Waals surface area contributed by atoms with Crippen molar-refractivity contribution in [3.05, 3.63) is 137 Å². The summed E-state index contributed by atoms with van der Waals surface area (Å²) < 4.78 is 30.5. The first-order valence-electron chi connectivity index (χ1n) is 21.0. The van der Waals surface area contributed by atoms with Crippen molar-refractivity contribution in [3.8, 4) is 34.5 Å². The molecule has 1 saturated heterocycles. The van der Waals surface area contributed by atoms with E-state index < -0.39 is 89.5 Å². The number of nitrogens with zero attached hydrogens (tertiary/aromatic N) is 3. The van der Waals surface area contributed by atoms with Gasteiger partial charge in [0.05, 0.1) is 24.8 Å². The maximum Gasteiger partial charge on any atom is 0.336 e. The number of phenolic OH excluding ortho intramolecular Hbond substituents is 2. The number of aliphatic imine (C=N–C) groups is 3. The van der Waals surface area contributed by atoms with Gasteiger partial charge in [0.25, 0.3) is 0 Å². The molecule has 19 heteroatoms. The van der Waals surface area contributed by atoms with Crippen LogP contribution in [0.3, 0.4) is 0 Å². The topological polar surface area (TPSA) is 308 Å². The zero-order chi connectivity index (χ0) is 47.2. The van der Waals surface area contributed by atoms with E-state index in [9.17, 15) is 50.8 Å². The molecule has 1 aliphatic carbocycles. The number of rotatable bonds is 15. The number of carboxylic acids is 1. The minimum Gasteiger partial charge on any atom is -0.508 e. The lowest BCUT2D eigenvalue weighted by Gasteiger charge is -2.57. The molecule has 0 spiro atoms. The number of aliphatic carboxylic acids is 1. The molecule has 4 aliphatic heterocycles. The van der Waals surface area contributed by atoms with Gasteiger partial charge in [-0.3, -0.25) is 10.4 Å². The van der Waals surface area contributed by atoms with Crippen LogP contribution in [0.4, 0.5) is 0 Å². The van der Waals surface area contributed by atoms with Gasteiger partial charge >= 0.3 is 11.8 Å². The number of carboxylic acid groups (broad SMARTS) is 1. The fourth-order valence-electron chi connectivity index (χ4n) is 8.93. The third-order valence-electron chi connectivity index (χ3n) is 12.1. The van der Waals surface area contributed by atoms with Gasteiger partial charge in [0.1, 0.15) is 59.3 Å². The molecule has 0 saturated carbocycles. The summed E-state index contributed by atoms with van der Waals surface area (Å²) in [5.41, 5.74) is -3.28. The van der Waals surface area contributed by atoms with E-state index in [1.54, 1.807) is 66.7 Å². The molecular formula is C48H45N4O15+. The van der Waals surface area contributed by atoms with E-state index in [2.05, 4.69) is 15.0 Å². The second-order valence-electron chi connectivity index (χ2n) is 16.5. The van der Waals surface area contributed by atoms with E-state index >= 15 is 0 Å². The normalized spacial score (nSPS) is 26.9. The number of phenols is 2. The molecule has 5 aliphatic rings. The Bertz CT molecular complexity index is 2790. The number of hydrogen-bond donors (Lipinski definition) is 10. The lowest BCUT2D eigenvalue weighted by Crippen LogP contribution is -2.79. The molecule has 346 valence electrons. The van der Waals surface area contributed by atoms with Crippen LogP contribution in [0.1, 0.15) is 28.4 Å². The third-order valence-corrected chi connectivity index (χ3v) is 12.1. The van der Waals surface area contributed by atoms with Gasteiger partial charge in [-0.15, -0.1) is 0 Å². The van der Waals surface area contributed by atoms with Crippen LogP contribution in [0.5, 0.6) is 34.5 Å². The Labute approximate surface area is 381 Å². The lowest BCUT2D eigenvalue weighted by atomic mass is 9.60. The molecule has 9 rings (SSSR count). The number of ether oxygens (including phenoxy) is 5. The Morgan fingerprint density at radius 1 is 0.970 bits per heavy atom. The maximum absolute atomic E-state index is 13.1. The Balaban J connectivity index is 1.08. The van der Waals surface area contributed by atoms with Gasteiger partial charge in [0.2, 0.25) is 12.0 Å². The zero-order valence-corrected chi connectivity index (χ0v) is 35.2. The number of fused-ring (bicyclic) bond motifs is 3. The fraction of sp³-hybridized carbons (Fsp3) is 0.271. The van der Waals surface area contributed by atoms with E-state index in [1.807, 2.05) is 0 Å². The third kappa shape index (κ3) is 8.28. The number of aromatic hydroxyl groups is 2. The number of hydrogen-bond acceptors (Lipinski definition) is 16. The maximum atomic E-state index is 13.1. The highest BCUT2D eigenvalue weighted by Crippen LogP contribution is 2.54. The zero-order valence-electron chi connectivity index (χ0n) is 35.2. The molecule has 4 aromatic rings. The number of amidine groups is 1. The van der Waals surface area contributed by atoms with E-state index in [1.165, 1.54) is 48.8 Å². The quantitative estimate of drug-likeness (QED) is 0.0752. The monoisotopic (exact) mass is 917 g/mol. The standard InChI is InChI=1S/C48H44N4O15/c49-37-14-13-30(52-37)40(56)36(21-53)64-29-11-9-26(10-12-29)33-17-32(55)38-34(65-33)18-35(42(41(38)57)63-22-25-7-4-8-28(54)16-25)66-46-47(61)19-27(15-24-5-2-1-3-6-24)39(31-20-50-23-51-31)48(62,45(47)60)43(67-46)44(58)59/h1-14,16-19,23,33,36,39-40,43,45-46,49,53-57,60-62H,15,20-22H2,(H,58,59)/p+1/t33?,36-,39+,40+,43+,45-,46+,47+,48+/m0/s1. The molecule has 1 fully saturated rings. The predicted molar refractivity (Wildman–Crippen MR) is 237 cm³/mol. The van der Waals surface area contributed by atoms with Crippen molar-refractivity contribution >= 4 is 35.3 Å². The molecular weight excluding hydrogens is 873 g/mol. The average Bonchev–Trinajstić information content (AvgIpc) is 4.00. The summed E-state index contributed by atoms with van der Waals surface area (Å²) in [7, 11) is 0. The van der Waals surface area contributed by atoms with Crippen molar-refractivity contribution in [1.82, 2.24) is 0 Å². The summed E-state index contributed by atoms with van der Waals surface area (Å²) in [6, 6.07) is 22.5. The van der Waals surface area contributed by atoms with Crippen molar-refractivity contribution in [3.63, 3.8) is 0 Å².